The lowest BCUT2D eigenvalue weighted by Crippen LogP contribution is -2.11. The van der Waals surface area contributed by atoms with Crippen LogP contribution in [0.3, 0.4) is 0 Å². The number of carboxylic acids is 1. The van der Waals surface area contributed by atoms with E-state index in [4.69, 9.17) is 22.1 Å². The lowest BCUT2D eigenvalue weighted by atomic mass is 10.1. The fourth-order valence-corrected chi connectivity index (χ4v) is 4.27. The van der Waals surface area contributed by atoms with Crippen LogP contribution in [0.1, 0.15) is 28.3 Å². The van der Waals surface area contributed by atoms with Gasteiger partial charge in [-0.25, -0.2) is 33.5 Å². The van der Waals surface area contributed by atoms with Crippen LogP contribution in [0.5, 0.6) is 5.88 Å². The van der Waals surface area contributed by atoms with E-state index in [-0.39, 0.29) is 35.1 Å². The molecule has 0 radical (unpaired) electrons. The highest BCUT2D eigenvalue weighted by atomic mass is 35.5. The van der Waals surface area contributed by atoms with Crippen LogP contribution in [0.25, 0.3) is 33.7 Å². The number of nitrogens with one attached hydrogen (secondary N) is 2. The molecule has 3 aromatic heterocycles. The molecular formula is C27H22ClF2N7O3. The van der Waals surface area contributed by atoms with Crippen LogP contribution in [-0.2, 0) is 6.54 Å². The number of hydrogen-bond donors (Lipinski definition) is 4. The lowest BCUT2D eigenvalue weighted by Gasteiger charge is -2.08. The fraction of sp³-hybridized carbons (Fsp3) is 0.148. The van der Waals surface area contributed by atoms with Gasteiger partial charge in [-0.15, -0.1) is 0 Å². The van der Waals surface area contributed by atoms with Crippen molar-refractivity contribution < 1.29 is 23.4 Å². The number of imidazole rings is 1. The zero-order chi connectivity index (χ0) is 28.2. The summed E-state index contributed by atoms with van der Waals surface area (Å²) in [6, 6.07) is 14.3. The summed E-state index contributed by atoms with van der Waals surface area (Å²) in [5.41, 5.74) is 8.39. The van der Waals surface area contributed by atoms with Crippen LogP contribution in [0.4, 0.5) is 14.5 Å². The average Bonchev–Trinajstić information content (AvgIpc) is 3.39. The van der Waals surface area contributed by atoms with Gasteiger partial charge in [0.2, 0.25) is 5.88 Å². The van der Waals surface area contributed by atoms with E-state index >= 15 is 0 Å². The summed E-state index contributed by atoms with van der Waals surface area (Å²) in [7, 11) is 0. The third-order valence-corrected chi connectivity index (χ3v) is 6.25. The van der Waals surface area contributed by atoms with Crippen molar-refractivity contribution >= 4 is 34.3 Å². The molecule has 204 valence electrons. The minimum Gasteiger partial charge on any atom is -0.478 e. The number of aromatic nitrogens is 5. The maximum absolute atomic E-state index is 13.4. The predicted octanol–water partition coefficient (Wildman–Crippen LogP) is 5.32. The number of aromatic amines is 1. The topological polar surface area (TPSA) is 152 Å². The Kier molecular flexibility index (Phi) is 7.80. The minimum atomic E-state index is -2.75. The average molecular weight is 566 g/mol. The summed E-state index contributed by atoms with van der Waals surface area (Å²) in [5, 5.41) is 12.5. The van der Waals surface area contributed by atoms with Gasteiger partial charge in [0.1, 0.15) is 23.8 Å². The van der Waals surface area contributed by atoms with E-state index < -0.39 is 12.4 Å². The monoisotopic (exact) mass is 565 g/mol. The van der Waals surface area contributed by atoms with Gasteiger partial charge in [-0.1, -0.05) is 29.8 Å². The van der Waals surface area contributed by atoms with Gasteiger partial charge in [0.25, 0.3) is 6.43 Å². The quantitative estimate of drug-likeness (QED) is 0.176. The number of benzene rings is 2. The van der Waals surface area contributed by atoms with E-state index in [2.05, 4.69) is 30.2 Å². The smallest absolute Gasteiger partial charge is 0.337 e. The normalized spacial score (nSPS) is 11.2. The number of carbonyl (C=O) groups is 1. The van der Waals surface area contributed by atoms with Gasteiger partial charge in [-0.2, -0.15) is 0 Å². The zero-order valence-electron chi connectivity index (χ0n) is 20.7. The van der Waals surface area contributed by atoms with Crippen molar-refractivity contribution in [1.29, 1.82) is 0 Å². The molecule has 3 heterocycles. The van der Waals surface area contributed by atoms with E-state index in [1.807, 2.05) is 0 Å². The highest BCUT2D eigenvalue weighted by molar-refractivity contribution is 6.36. The number of nitrogens with two attached hydrogens (primary N) is 1. The Hall–Kier alpha value is -4.68. The van der Waals surface area contributed by atoms with Gasteiger partial charge >= 0.3 is 5.97 Å². The van der Waals surface area contributed by atoms with Crippen LogP contribution in [0.15, 0.2) is 60.8 Å². The molecule has 40 heavy (non-hydrogen) atoms. The Labute approximate surface area is 231 Å². The SMILES string of the molecule is NCCOc1cnc2ccc(-c3[nH]c(CNc4cccc(C(=O)O)c4Cl)nc3-c3cccc(C(F)F)n3)cc2n1. The Morgan fingerprint density at radius 3 is 2.70 bits per heavy atom. The first-order valence-electron chi connectivity index (χ1n) is 12.0. The third-order valence-electron chi connectivity index (χ3n) is 5.84. The molecule has 0 fully saturated rings. The number of alkyl halides is 2. The summed E-state index contributed by atoms with van der Waals surface area (Å²) in [6.07, 6.45) is -1.25. The molecule has 13 heteroatoms. The van der Waals surface area contributed by atoms with Crippen molar-refractivity contribution in [1.82, 2.24) is 24.9 Å². The van der Waals surface area contributed by atoms with Crippen molar-refractivity contribution in [3.05, 3.63) is 82.9 Å². The van der Waals surface area contributed by atoms with Crippen molar-refractivity contribution in [2.24, 2.45) is 5.73 Å². The van der Waals surface area contributed by atoms with E-state index in [0.717, 1.165) is 0 Å². The molecule has 0 aliphatic heterocycles. The number of fused-ring (bicyclic) bond motifs is 1. The molecule has 10 nitrogen and oxygen atoms in total. The standard InChI is InChI=1S/C27H22ClF2N7O3/c28-23-15(27(38)39)3-1-4-17(23)32-12-21-36-24(25(37-21)18-5-2-6-19(34-18)26(29)30)14-7-8-16-20(11-14)35-22(13-33-16)40-10-9-31/h1-8,11,13,26,32H,9-10,12,31H2,(H,36,37)(H,38,39). The minimum absolute atomic E-state index is 0.0485. The number of pyridine rings is 1. The summed E-state index contributed by atoms with van der Waals surface area (Å²) >= 11 is 6.26. The predicted molar refractivity (Wildman–Crippen MR) is 146 cm³/mol. The maximum atomic E-state index is 13.4. The number of rotatable bonds is 10. The summed E-state index contributed by atoms with van der Waals surface area (Å²) in [6.45, 7) is 0.728. The number of H-pyrrole nitrogens is 1. The molecule has 0 saturated carbocycles. The second-order valence-corrected chi connectivity index (χ2v) is 8.91. The second kappa shape index (κ2) is 11.6. The molecule has 5 N–H and O–H groups in total. The van der Waals surface area contributed by atoms with Gasteiger partial charge in [0.15, 0.2) is 0 Å². The molecule has 0 unspecified atom stereocenters. The Morgan fingerprint density at radius 1 is 1.10 bits per heavy atom. The van der Waals surface area contributed by atoms with Gasteiger partial charge < -0.3 is 25.9 Å². The van der Waals surface area contributed by atoms with Crippen LogP contribution in [-0.4, -0.2) is 49.1 Å². The van der Waals surface area contributed by atoms with Crippen molar-refractivity contribution in [2.75, 3.05) is 18.5 Å². The van der Waals surface area contributed by atoms with Gasteiger partial charge in [0, 0.05) is 12.1 Å². The number of anilines is 1. The molecule has 0 atom stereocenters. The molecule has 2 aromatic carbocycles. The van der Waals surface area contributed by atoms with Crippen LogP contribution >= 0.6 is 11.6 Å². The van der Waals surface area contributed by atoms with Crippen LogP contribution in [0, 0.1) is 0 Å². The van der Waals surface area contributed by atoms with Crippen molar-refractivity contribution in [3.63, 3.8) is 0 Å². The fourth-order valence-electron chi connectivity index (χ4n) is 4.00. The largest absolute Gasteiger partial charge is 0.478 e. The first kappa shape index (κ1) is 26.9. The number of halogens is 3. The number of carboxylic acid groups (broad SMARTS) is 1. The van der Waals surface area contributed by atoms with Gasteiger partial charge in [-0.05, 0) is 36.4 Å². The van der Waals surface area contributed by atoms with Gasteiger partial charge in [0.05, 0.1) is 51.4 Å². The number of ether oxygens (including phenoxy) is 1. The van der Waals surface area contributed by atoms with Crippen molar-refractivity contribution in [3.8, 4) is 28.5 Å². The van der Waals surface area contributed by atoms with Gasteiger partial charge in [-0.3, -0.25) is 0 Å². The molecule has 0 amide bonds. The Bertz CT molecular complexity index is 1700. The van der Waals surface area contributed by atoms with E-state index in [9.17, 15) is 18.7 Å². The van der Waals surface area contributed by atoms with E-state index in [1.54, 1.807) is 36.4 Å². The highest BCUT2D eigenvalue weighted by Crippen LogP contribution is 2.33. The second-order valence-electron chi connectivity index (χ2n) is 8.53. The maximum Gasteiger partial charge on any atom is 0.337 e. The highest BCUT2D eigenvalue weighted by Gasteiger charge is 2.19. The lowest BCUT2D eigenvalue weighted by molar-refractivity contribution is 0.0697. The van der Waals surface area contributed by atoms with Crippen molar-refractivity contribution in [2.45, 2.75) is 13.0 Å². The number of nitrogens with zero attached hydrogens (tertiary/aromatic N) is 4. The molecule has 0 bridgehead atoms. The van der Waals surface area contributed by atoms with E-state index in [0.29, 0.717) is 51.9 Å². The van der Waals surface area contributed by atoms with Crippen LogP contribution < -0.4 is 15.8 Å². The Morgan fingerprint density at radius 2 is 1.93 bits per heavy atom. The molecular weight excluding hydrogens is 544 g/mol. The molecule has 5 rings (SSSR count). The molecule has 0 aliphatic carbocycles. The van der Waals surface area contributed by atoms with E-state index in [1.165, 1.54) is 24.4 Å². The third kappa shape index (κ3) is 5.67. The zero-order valence-corrected chi connectivity index (χ0v) is 21.5. The summed E-state index contributed by atoms with van der Waals surface area (Å²) in [4.78, 5) is 32.3. The number of hydrogen-bond acceptors (Lipinski definition) is 8. The number of aromatic carboxylic acids is 1. The summed E-state index contributed by atoms with van der Waals surface area (Å²) < 4.78 is 32.4. The van der Waals surface area contributed by atoms with Crippen LogP contribution in [0.2, 0.25) is 5.02 Å². The first-order valence-corrected chi connectivity index (χ1v) is 12.4. The first-order chi connectivity index (χ1) is 19.3. The molecule has 5 aromatic rings. The Balaban J connectivity index is 1.55. The molecule has 0 spiro atoms. The molecule has 0 saturated heterocycles. The molecule has 0 aliphatic rings. The summed E-state index contributed by atoms with van der Waals surface area (Å²) in [5.74, 6) is -0.411.